The molecule has 0 spiro atoms. The zero-order valence-electron chi connectivity index (χ0n) is 13.2. The van der Waals surface area contributed by atoms with Crippen molar-refractivity contribution in [3.8, 4) is 11.1 Å². The minimum Gasteiger partial charge on any atom is -0.324 e. The molecule has 6 nitrogen and oxygen atoms in total. The number of hydrogen-bond acceptors (Lipinski definition) is 5. The molecule has 26 heavy (non-hydrogen) atoms. The van der Waals surface area contributed by atoms with Crippen molar-refractivity contribution in [2.75, 3.05) is 5.32 Å². The van der Waals surface area contributed by atoms with E-state index in [1.165, 1.54) is 0 Å². The van der Waals surface area contributed by atoms with E-state index in [0.717, 1.165) is 11.1 Å². The van der Waals surface area contributed by atoms with Gasteiger partial charge in [0.2, 0.25) is 5.95 Å². The monoisotopic (exact) mass is 383 g/mol. The Hall–Kier alpha value is -2.96. The quantitative estimate of drug-likeness (QED) is 0.546. The van der Waals surface area contributed by atoms with Crippen LogP contribution in [0.4, 0.5) is 11.6 Å². The van der Waals surface area contributed by atoms with Gasteiger partial charge in [-0.15, -0.1) is 0 Å². The molecule has 0 saturated heterocycles. The molecule has 0 bridgehead atoms. The fourth-order valence-electron chi connectivity index (χ4n) is 2.61. The minimum absolute atomic E-state index is 0.242. The van der Waals surface area contributed by atoms with Crippen LogP contribution in [0.15, 0.2) is 59.8 Å². The number of aromatic nitrogens is 4. The fraction of sp³-hybridized carbons (Fsp3) is 0. The zero-order valence-corrected chi connectivity index (χ0v) is 14.7. The summed E-state index contributed by atoms with van der Waals surface area (Å²) in [6.45, 7) is 0. The Morgan fingerprint density at radius 3 is 2.58 bits per heavy atom. The Labute approximate surface area is 157 Å². The summed E-state index contributed by atoms with van der Waals surface area (Å²) in [6.07, 6.45) is 4.95. The number of anilines is 2. The van der Waals surface area contributed by atoms with Gasteiger partial charge >= 0.3 is 0 Å². The van der Waals surface area contributed by atoms with E-state index >= 15 is 0 Å². The Balaban J connectivity index is 1.82. The maximum atomic E-state index is 12.7. The number of aromatic amines is 1. The van der Waals surface area contributed by atoms with Gasteiger partial charge in [-0.1, -0.05) is 23.2 Å². The van der Waals surface area contributed by atoms with E-state index in [1.807, 2.05) is 12.1 Å². The highest BCUT2D eigenvalue weighted by atomic mass is 35.5. The molecule has 0 unspecified atom stereocenters. The van der Waals surface area contributed by atoms with Crippen LogP contribution in [0.5, 0.6) is 0 Å². The van der Waals surface area contributed by atoms with Crippen molar-refractivity contribution in [3.05, 3.63) is 75.4 Å². The smallest absolute Gasteiger partial charge is 0.262 e. The van der Waals surface area contributed by atoms with Crippen LogP contribution in [0, 0.1) is 0 Å². The number of halogens is 2. The zero-order chi connectivity index (χ0) is 18.1. The third-order valence-electron chi connectivity index (χ3n) is 3.78. The van der Waals surface area contributed by atoms with Crippen molar-refractivity contribution in [3.63, 3.8) is 0 Å². The molecule has 1 aromatic carbocycles. The van der Waals surface area contributed by atoms with Gasteiger partial charge < -0.3 is 5.32 Å². The lowest BCUT2D eigenvalue weighted by molar-refractivity contribution is 1.14. The van der Waals surface area contributed by atoms with Gasteiger partial charge in [0, 0.05) is 23.6 Å². The van der Waals surface area contributed by atoms with Crippen molar-refractivity contribution in [1.82, 2.24) is 19.9 Å². The standard InChI is InChI=1S/C18H11Cl2N5O/c19-11-1-2-14(13(20)9-11)23-18-24-16-15(17(26)25-18)12(5-8-22-16)10-3-6-21-7-4-10/h1-9H,(H2,22,23,24,25,26). The second-order valence-electron chi connectivity index (χ2n) is 5.46. The molecule has 0 amide bonds. The first-order valence-corrected chi connectivity index (χ1v) is 8.39. The molecule has 8 heteroatoms. The average molecular weight is 384 g/mol. The van der Waals surface area contributed by atoms with Crippen LogP contribution in [-0.4, -0.2) is 19.9 Å². The minimum atomic E-state index is -0.303. The number of rotatable bonds is 3. The van der Waals surface area contributed by atoms with Crippen molar-refractivity contribution in [2.45, 2.75) is 0 Å². The number of nitrogens with one attached hydrogen (secondary N) is 2. The largest absolute Gasteiger partial charge is 0.324 e. The predicted molar refractivity (Wildman–Crippen MR) is 103 cm³/mol. The molecule has 4 rings (SSSR count). The molecule has 128 valence electrons. The molecule has 4 aromatic rings. The van der Waals surface area contributed by atoms with Crippen LogP contribution in [0.25, 0.3) is 22.2 Å². The van der Waals surface area contributed by atoms with Crippen LogP contribution in [0.1, 0.15) is 0 Å². The maximum Gasteiger partial charge on any atom is 0.262 e. The van der Waals surface area contributed by atoms with E-state index in [9.17, 15) is 4.79 Å². The number of fused-ring (bicyclic) bond motifs is 1. The van der Waals surface area contributed by atoms with E-state index in [4.69, 9.17) is 23.2 Å². The number of nitrogens with zero attached hydrogens (tertiary/aromatic N) is 3. The molecule has 0 radical (unpaired) electrons. The van der Waals surface area contributed by atoms with Gasteiger partial charge in [0.15, 0.2) is 5.65 Å². The van der Waals surface area contributed by atoms with Gasteiger partial charge in [-0.3, -0.25) is 14.8 Å². The Bertz CT molecular complexity index is 1160. The predicted octanol–water partition coefficient (Wildman–Crippen LogP) is 4.43. The third-order valence-corrected chi connectivity index (χ3v) is 4.33. The van der Waals surface area contributed by atoms with E-state index < -0.39 is 0 Å². The van der Waals surface area contributed by atoms with E-state index in [-0.39, 0.29) is 11.5 Å². The molecule has 0 aliphatic rings. The molecule has 2 N–H and O–H groups in total. The molecule has 0 fully saturated rings. The van der Waals surface area contributed by atoms with Crippen LogP contribution < -0.4 is 10.9 Å². The highest BCUT2D eigenvalue weighted by Crippen LogP contribution is 2.28. The van der Waals surface area contributed by atoms with Crippen molar-refractivity contribution in [1.29, 1.82) is 0 Å². The summed E-state index contributed by atoms with van der Waals surface area (Å²) in [5.74, 6) is 0.242. The lowest BCUT2D eigenvalue weighted by atomic mass is 10.1. The first-order valence-electron chi connectivity index (χ1n) is 7.63. The van der Waals surface area contributed by atoms with Gasteiger partial charge in [-0.2, -0.15) is 4.98 Å². The summed E-state index contributed by atoms with van der Waals surface area (Å²) in [5.41, 5.74) is 2.20. The summed E-state index contributed by atoms with van der Waals surface area (Å²) in [4.78, 5) is 28.0. The van der Waals surface area contributed by atoms with Crippen molar-refractivity contribution >= 4 is 45.9 Å². The number of H-pyrrole nitrogens is 1. The van der Waals surface area contributed by atoms with Crippen LogP contribution in [0.2, 0.25) is 10.0 Å². The Kier molecular flexibility index (Phi) is 4.28. The lowest BCUT2D eigenvalue weighted by Crippen LogP contribution is -2.13. The molecule has 0 aliphatic carbocycles. The highest BCUT2D eigenvalue weighted by molar-refractivity contribution is 6.36. The van der Waals surface area contributed by atoms with Gasteiger partial charge in [0.05, 0.1) is 16.1 Å². The van der Waals surface area contributed by atoms with E-state index in [0.29, 0.717) is 26.8 Å². The number of pyridine rings is 2. The second-order valence-corrected chi connectivity index (χ2v) is 6.30. The summed E-state index contributed by atoms with van der Waals surface area (Å²) in [6, 6.07) is 10.4. The lowest BCUT2D eigenvalue weighted by Gasteiger charge is -2.09. The van der Waals surface area contributed by atoms with Gasteiger partial charge in [-0.05, 0) is 47.5 Å². The van der Waals surface area contributed by atoms with Crippen LogP contribution in [0.3, 0.4) is 0 Å². The summed E-state index contributed by atoms with van der Waals surface area (Å²) >= 11 is 12.1. The molecule has 0 saturated carbocycles. The molecule has 3 heterocycles. The summed E-state index contributed by atoms with van der Waals surface area (Å²) < 4.78 is 0. The molecule has 0 aliphatic heterocycles. The molecular weight excluding hydrogens is 373 g/mol. The first kappa shape index (κ1) is 16.5. The maximum absolute atomic E-state index is 12.7. The van der Waals surface area contributed by atoms with E-state index in [1.54, 1.807) is 42.9 Å². The number of benzene rings is 1. The van der Waals surface area contributed by atoms with Crippen molar-refractivity contribution in [2.24, 2.45) is 0 Å². The third kappa shape index (κ3) is 3.12. The normalized spacial score (nSPS) is 10.8. The summed E-state index contributed by atoms with van der Waals surface area (Å²) in [5, 5.41) is 4.33. The van der Waals surface area contributed by atoms with Gasteiger partial charge in [0.25, 0.3) is 5.56 Å². The molecule has 0 atom stereocenters. The average Bonchev–Trinajstić information content (AvgIpc) is 2.64. The fourth-order valence-corrected chi connectivity index (χ4v) is 3.07. The highest BCUT2D eigenvalue weighted by Gasteiger charge is 2.12. The molecular formula is C18H11Cl2N5O. The second kappa shape index (κ2) is 6.74. The van der Waals surface area contributed by atoms with Gasteiger partial charge in [0.1, 0.15) is 0 Å². The van der Waals surface area contributed by atoms with Crippen LogP contribution >= 0.6 is 23.2 Å². The summed E-state index contributed by atoms with van der Waals surface area (Å²) in [7, 11) is 0. The van der Waals surface area contributed by atoms with Gasteiger partial charge in [-0.25, -0.2) is 4.98 Å². The van der Waals surface area contributed by atoms with Crippen LogP contribution in [-0.2, 0) is 0 Å². The Morgan fingerprint density at radius 2 is 1.81 bits per heavy atom. The van der Waals surface area contributed by atoms with Crippen molar-refractivity contribution < 1.29 is 0 Å². The molecule has 3 aromatic heterocycles. The Morgan fingerprint density at radius 1 is 1.00 bits per heavy atom. The number of hydrogen-bond donors (Lipinski definition) is 2. The van der Waals surface area contributed by atoms with E-state index in [2.05, 4.69) is 25.3 Å². The first-order chi connectivity index (χ1) is 12.6. The SMILES string of the molecule is O=c1[nH]c(Nc2ccc(Cl)cc2Cl)nc2nccc(-c3ccncc3)c12. The topological polar surface area (TPSA) is 83.6 Å².